The summed E-state index contributed by atoms with van der Waals surface area (Å²) in [6.07, 6.45) is 1.89. The highest BCUT2D eigenvalue weighted by molar-refractivity contribution is 6.00. The van der Waals surface area contributed by atoms with Gasteiger partial charge >= 0.3 is 5.97 Å². The molecule has 0 spiro atoms. The van der Waals surface area contributed by atoms with Crippen molar-refractivity contribution in [3.63, 3.8) is 0 Å². The minimum absolute atomic E-state index is 0.231. The molecule has 1 atom stereocenters. The fourth-order valence-electron chi connectivity index (χ4n) is 5.16. The fraction of sp³-hybridized carbons (Fsp3) is 0.364. The number of benzene rings is 3. The number of phenols is 1. The van der Waals surface area contributed by atoms with Gasteiger partial charge in [-0.2, -0.15) is 0 Å². The van der Waals surface area contributed by atoms with Crippen molar-refractivity contribution in [2.24, 2.45) is 5.92 Å². The molecule has 1 N–H and O–H groups in total. The van der Waals surface area contributed by atoms with Crippen LogP contribution in [0.25, 0.3) is 11.1 Å². The first-order valence-corrected chi connectivity index (χ1v) is 14.0. The van der Waals surface area contributed by atoms with E-state index in [9.17, 15) is 9.90 Å². The van der Waals surface area contributed by atoms with Crippen molar-refractivity contribution in [1.82, 2.24) is 4.90 Å². The molecule has 2 aliphatic rings. The molecule has 210 valence electrons. The normalized spacial score (nSPS) is 15.5. The molecule has 3 aromatic carbocycles. The average Bonchev–Trinajstić information content (AvgIpc) is 3.69. The van der Waals surface area contributed by atoms with Gasteiger partial charge in [0.2, 0.25) is 6.79 Å². The number of phenolic OH excluding ortho intramolecular Hbond substituents is 1. The Morgan fingerprint density at radius 1 is 0.925 bits per heavy atom. The fourth-order valence-corrected chi connectivity index (χ4v) is 5.16. The highest BCUT2D eigenvalue weighted by atomic mass is 16.7. The van der Waals surface area contributed by atoms with Crippen molar-refractivity contribution in [3.8, 4) is 23.0 Å². The van der Waals surface area contributed by atoms with Crippen molar-refractivity contribution in [2.75, 3.05) is 33.0 Å². The van der Waals surface area contributed by atoms with Crippen LogP contribution >= 0.6 is 0 Å². The van der Waals surface area contributed by atoms with Gasteiger partial charge in [-0.1, -0.05) is 44.2 Å². The van der Waals surface area contributed by atoms with Crippen LogP contribution in [0.15, 0.2) is 66.7 Å². The molecule has 0 amide bonds. The van der Waals surface area contributed by atoms with Crippen LogP contribution in [0, 0.1) is 5.92 Å². The molecule has 1 fully saturated rings. The molecule has 3 aromatic rings. The highest BCUT2D eigenvalue weighted by Crippen LogP contribution is 2.49. The number of carbonyl (C=O) groups excluding carboxylic acids is 1. The maximum absolute atomic E-state index is 11.7. The Hall–Kier alpha value is -3.97. The average molecular weight is 544 g/mol. The lowest BCUT2D eigenvalue weighted by Crippen LogP contribution is -2.38. The van der Waals surface area contributed by atoms with Gasteiger partial charge in [0.25, 0.3) is 0 Å². The first-order valence-electron chi connectivity index (χ1n) is 14.0. The van der Waals surface area contributed by atoms with E-state index < -0.39 is 0 Å². The summed E-state index contributed by atoms with van der Waals surface area (Å²) < 4.78 is 22.9. The molecule has 7 nitrogen and oxygen atoms in total. The van der Waals surface area contributed by atoms with Crippen LogP contribution in [0.4, 0.5) is 0 Å². The zero-order valence-electron chi connectivity index (χ0n) is 23.4. The van der Waals surface area contributed by atoms with Crippen molar-refractivity contribution in [1.29, 1.82) is 0 Å². The zero-order chi connectivity index (χ0) is 28.1. The second kappa shape index (κ2) is 12.5. The molecule has 1 saturated carbocycles. The lowest BCUT2D eigenvalue weighted by atomic mass is 9.87. The SMILES string of the molecule is CCN(CC)CC(COc1ccc(/C(=C(/c2ccc3c(c2)OCO3)C2CC2)c2ccc(O)cc2)cc1)OC(C)=O. The Bertz CT molecular complexity index is 1340. The number of hydrogen-bond acceptors (Lipinski definition) is 7. The van der Waals surface area contributed by atoms with E-state index >= 15 is 0 Å². The van der Waals surface area contributed by atoms with E-state index in [0.29, 0.717) is 18.2 Å². The van der Waals surface area contributed by atoms with Crippen molar-refractivity contribution in [3.05, 3.63) is 83.4 Å². The summed E-state index contributed by atoms with van der Waals surface area (Å²) in [7, 11) is 0. The van der Waals surface area contributed by atoms with E-state index in [1.54, 1.807) is 12.1 Å². The molecular weight excluding hydrogens is 506 g/mol. The Balaban J connectivity index is 1.45. The maximum Gasteiger partial charge on any atom is 0.303 e. The molecule has 40 heavy (non-hydrogen) atoms. The summed E-state index contributed by atoms with van der Waals surface area (Å²) in [4.78, 5) is 13.9. The molecule has 5 rings (SSSR count). The maximum atomic E-state index is 11.7. The Labute approximate surface area is 235 Å². The van der Waals surface area contributed by atoms with Gasteiger partial charge in [-0.3, -0.25) is 4.79 Å². The molecular formula is C33H37NO6. The zero-order valence-corrected chi connectivity index (χ0v) is 23.4. The van der Waals surface area contributed by atoms with Gasteiger partial charge in [0.05, 0.1) is 0 Å². The quantitative estimate of drug-likeness (QED) is 0.217. The van der Waals surface area contributed by atoms with Crippen LogP contribution in [0.5, 0.6) is 23.0 Å². The number of aromatic hydroxyl groups is 1. The Kier molecular flexibility index (Phi) is 8.60. The molecule has 0 aromatic heterocycles. The number of carbonyl (C=O) groups is 1. The number of likely N-dealkylation sites (N-methyl/N-ethyl adjacent to an activating group) is 1. The Morgan fingerprint density at radius 3 is 2.17 bits per heavy atom. The molecule has 7 heteroatoms. The van der Waals surface area contributed by atoms with Crippen LogP contribution < -0.4 is 14.2 Å². The molecule has 1 heterocycles. The standard InChI is InChI=1S/C33H37NO6/c1-4-34(5-2)19-29(40-22(3)35)20-37-28-15-10-25(11-16-28)32(24-8-13-27(36)14-9-24)33(23-6-7-23)26-12-17-30-31(18-26)39-21-38-30/h8-18,23,29,36H,4-7,19-21H2,1-3H3/b33-32+. The van der Waals surface area contributed by atoms with E-state index in [4.69, 9.17) is 18.9 Å². The van der Waals surface area contributed by atoms with Crippen molar-refractivity contribution >= 4 is 17.1 Å². The molecule has 0 bridgehead atoms. The van der Waals surface area contributed by atoms with Crippen molar-refractivity contribution < 1.29 is 28.8 Å². The summed E-state index contributed by atoms with van der Waals surface area (Å²) in [5.41, 5.74) is 5.56. The van der Waals surface area contributed by atoms with Gasteiger partial charge in [0, 0.05) is 13.5 Å². The summed E-state index contributed by atoms with van der Waals surface area (Å²) in [6, 6.07) is 21.6. The first-order chi connectivity index (χ1) is 19.4. The van der Waals surface area contributed by atoms with E-state index in [1.807, 2.05) is 30.3 Å². The number of fused-ring (bicyclic) bond motifs is 1. The predicted molar refractivity (Wildman–Crippen MR) is 155 cm³/mol. The van der Waals surface area contributed by atoms with E-state index in [0.717, 1.165) is 59.7 Å². The van der Waals surface area contributed by atoms with Crippen LogP contribution in [0.2, 0.25) is 0 Å². The van der Waals surface area contributed by atoms with Crippen LogP contribution in [0.3, 0.4) is 0 Å². The predicted octanol–water partition coefficient (Wildman–Crippen LogP) is 6.14. The number of allylic oxidation sites excluding steroid dienone is 1. The number of nitrogens with zero attached hydrogens (tertiary/aromatic N) is 1. The van der Waals surface area contributed by atoms with Gasteiger partial charge in [0.1, 0.15) is 24.2 Å². The number of hydrogen-bond donors (Lipinski definition) is 1. The lowest BCUT2D eigenvalue weighted by molar-refractivity contribution is -0.148. The highest BCUT2D eigenvalue weighted by Gasteiger charge is 2.31. The van der Waals surface area contributed by atoms with Crippen LogP contribution in [-0.4, -0.2) is 55.1 Å². The molecule has 0 radical (unpaired) electrons. The second-order valence-electron chi connectivity index (χ2n) is 10.2. The molecule has 0 saturated heterocycles. The number of rotatable bonds is 12. The van der Waals surface area contributed by atoms with Crippen LogP contribution in [0.1, 0.15) is 50.3 Å². The topological polar surface area (TPSA) is 77.5 Å². The molecule has 1 aliphatic heterocycles. The molecule has 1 unspecified atom stereocenters. The van der Waals surface area contributed by atoms with Crippen molar-refractivity contribution in [2.45, 2.75) is 39.7 Å². The minimum Gasteiger partial charge on any atom is -0.508 e. The number of esters is 1. The van der Waals surface area contributed by atoms with Gasteiger partial charge in [-0.05, 0) is 96.1 Å². The third-order valence-corrected chi connectivity index (χ3v) is 7.36. The lowest BCUT2D eigenvalue weighted by Gasteiger charge is -2.25. The number of ether oxygens (including phenoxy) is 4. The Morgan fingerprint density at radius 2 is 1.55 bits per heavy atom. The summed E-state index contributed by atoms with van der Waals surface area (Å²) in [6.45, 7) is 8.50. The van der Waals surface area contributed by atoms with E-state index in [-0.39, 0.29) is 31.2 Å². The van der Waals surface area contributed by atoms with Gasteiger partial charge < -0.3 is 29.0 Å². The summed E-state index contributed by atoms with van der Waals surface area (Å²) >= 11 is 0. The third kappa shape index (κ3) is 6.59. The first kappa shape index (κ1) is 27.6. The summed E-state index contributed by atoms with van der Waals surface area (Å²) in [5, 5.41) is 9.98. The largest absolute Gasteiger partial charge is 0.508 e. The minimum atomic E-state index is -0.350. The van der Waals surface area contributed by atoms with E-state index in [1.165, 1.54) is 12.5 Å². The smallest absolute Gasteiger partial charge is 0.303 e. The monoisotopic (exact) mass is 543 g/mol. The third-order valence-electron chi connectivity index (χ3n) is 7.36. The van der Waals surface area contributed by atoms with E-state index in [2.05, 4.69) is 43.0 Å². The van der Waals surface area contributed by atoms with Gasteiger partial charge in [0.15, 0.2) is 11.5 Å². The summed E-state index contributed by atoms with van der Waals surface area (Å²) in [5.74, 6) is 2.59. The second-order valence-corrected chi connectivity index (χ2v) is 10.2. The molecule has 1 aliphatic carbocycles. The van der Waals surface area contributed by atoms with Gasteiger partial charge in [-0.15, -0.1) is 0 Å². The van der Waals surface area contributed by atoms with Crippen LogP contribution in [-0.2, 0) is 9.53 Å². The van der Waals surface area contributed by atoms with Gasteiger partial charge in [-0.25, -0.2) is 0 Å².